The average Bonchev–Trinajstić information content (AvgIpc) is 2.70. The molecular weight excluding hydrogens is 236 g/mol. The highest BCUT2D eigenvalue weighted by molar-refractivity contribution is 5.44. The Balaban J connectivity index is 2.59. The molecule has 0 bridgehead atoms. The number of nitrogens with zero attached hydrogens (tertiary/aromatic N) is 2. The highest BCUT2D eigenvalue weighted by Gasteiger charge is 2.19. The van der Waals surface area contributed by atoms with Crippen LogP contribution in [0.1, 0.15) is 49.1 Å². The van der Waals surface area contributed by atoms with E-state index < -0.39 is 0 Å². The zero-order valence-corrected chi connectivity index (χ0v) is 12.4. The molecule has 3 heteroatoms. The van der Waals surface area contributed by atoms with Crippen molar-refractivity contribution < 1.29 is 5.11 Å². The molecule has 1 heterocycles. The van der Waals surface area contributed by atoms with Crippen molar-refractivity contribution in [1.29, 1.82) is 0 Å². The Morgan fingerprint density at radius 3 is 2.37 bits per heavy atom. The van der Waals surface area contributed by atoms with Crippen molar-refractivity contribution in [2.75, 3.05) is 0 Å². The first-order valence-corrected chi connectivity index (χ1v) is 6.84. The molecule has 1 N–H and O–H groups in total. The summed E-state index contributed by atoms with van der Waals surface area (Å²) < 4.78 is 1.65. The third-order valence-electron chi connectivity index (χ3n) is 3.62. The third kappa shape index (κ3) is 2.37. The van der Waals surface area contributed by atoms with Gasteiger partial charge in [-0.15, -0.1) is 0 Å². The summed E-state index contributed by atoms with van der Waals surface area (Å²) in [5.74, 6) is 0.586. The monoisotopic (exact) mass is 258 g/mol. The molecular formula is C16H22N2O. The van der Waals surface area contributed by atoms with Crippen molar-refractivity contribution in [3.8, 4) is 11.6 Å². The van der Waals surface area contributed by atoms with Gasteiger partial charge < -0.3 is 5.11 Å². The number of aromatic nitrogens is 2. The second-order valence-corrected chi connectivity index (χ2v) is 5.38. The summed E-state index contributed by atoms with van der Waals surface area (Å²) in [5.41, 5.74) is 5.31. The van der Waals surface area contributed by atoms with Crippen LogP contribution in [0.25, 0.3) is 5.69 Å². The quantitative estimate of drug-likeness (QED) is 0.907. The van der Waals surface area contributed by atoms with Crippen LogP contribution < -0.4 is 0 Å². The van der Waals surface area contributed by atoms with Gasteiger partial charge in [0.25, 0.3) is 0 Å². The van der Waals surface area contributed by atoms with Crippen LogP contribution in [0.2, 0.25) is 0 Å². The standard InChI is InChI=1S/C16H22N2O/c1-6-14-15(10(2)3)17-18(16(14)19)13-8-7-11(4)12(5)9-13/h7-10,19H,6H2,1-5H3. The number of hydrogen-bond acceptors (Lipinski definition) is 2. The summed E-state index contributed by atoms with van der Waals surface area (Å²) >= 11 is 0. The van der Waals surface area contributed by atoms with Crippen molar-refractivity contribution in [3.63, 3.8) is 0 Å². The Kier molecular flexibility index (Phi) is 3.65. The zero-order chi connectivity index (χ0) is 14.2. The number of hydrogen-bond donors (Lipinski definition) is 1. The summed E-state index contributed by atoms with van der Waals surface area (Å²) in [6, 6.07) is 6.12. The molecule has 1 aromatic carbocycles. The molecule has 0 unspecified atom stereocenters. The fourth-order valence-corrected chi connectivity index (χ4v) is 2.30. The van der Waals surface area contributed by atoms with Crippen LogP contribution in [0.5, 0.6) is 5.88 Å². The van der Waals surface area contributed by atoms with Gasteiger partial charge in [-0.2, -0.15) is 5.10 Å². The number of aryl methyl sites for hydroxylation is 2. The average molecular weight is 258 g/mol. The molecule has 0 amide bonds. The third-order valence-corrected chi connectivity index (χ3v) is 3.62. The Hall–Kier alpha value is -1.77. The van der Waals surface area contributed by atoms with Gasteiger partial charge in [0.1, 0.15) is 0 Å². The van der Waals surface area contributed by atoms with E-state index in [1.807, 2.05) is 13.0 Å². The molecule has 2 rings (SSSR count). The molecule has 0 spiro atoms. The summed E-state index contributed by atoms with van der Waals surface area (Å²) in [6.45, 7) is 10.4. The maximum absolute atomic E-state index is 10.4. The van der Waals surface area contributed by atoms with Crippen molar-refractivity contribution in [3.05, 3.63) is 40.6 Å². The minimum atomic E-state index is 0.273. The van der Waals surface area contributed by atoms with E-state index in [0.717, 1.165) is 23.4 Å². The van der Waals surface area contributed by atoms with Crippen molar-refractivity contribution in [2.45, 2.75) is 47.0 Å². The second-order valence-electron chi connectivity index (χ2n) is 5.38. The lowest BCUT2D eigenvalue weighted by atomic mass is 10.0. The topological polar surface area (TPSA) is 38.0 Å². The summed E-state index contributed by atoms with van der Waals surface area (Å²) in [6.07, 6.45) is 0.796. The molecule has 0 aliphatic carbocycles. The van der Waals surface area contributed by atoms with Gasteiger partial charge in [-0.3, -0.25) is 0 Å². The van der Waals surface area contributed by atoms with E-state index in [-0.39, 0.29) is 5.88 Å². The highest BCUT2D eigenvalue weighted by atomic mass is 16.3. The number of benzene rings is 1. The van der Waals surface area contributed by atoms with Crippen LogP contribution in [0.3, 0.4) is 0 Å². The Labute approximate surface area is 114 Å². The Bertz CT molecular complexity index is 597. The van der Waals surface area contributed by atoms with E-state index in [9.17, 15) is 5.11 Å². The van der Waals surface area contributed by atoms with Crippen LogP contribution in [0, 0.1) is 13.8 Å². The molecule has 0 atom stereocenters. The highest BCUT2D eigenvalue weighted by Crippen LogP contribution is 2.30. The smallest absolute Gasteiger partial charge is 0.217 e. The van der Waals surface area contributed by atoms with Gasteiger partial charge in [-0.05, 0) is 49.4 Å². The lowest BCUT2D eigenvalue weighted by Crippen LogP contribution is -1.99. The Morgan fingerprint density at radius 2 is 1.89 bits per heavy atom. The van der Waals surface area contributed by atoms with Gasteiger partial charge in [0.2, 0.25) is 5.88 Å². The van der Waals surface area contributed by atoms with E-state index in [1.54, 1.807) is 4.68 Å². The number of rotatable bonds is 3. The van der Waals surface area contributed by atoms with Crippen LogP contribution >= 0.6 is 0 Å². The van der Waals surface area contributed by atoms with Crippen molar-refractivity contribution in [1.82, 2.24) is 9.78 Å². The second kappa shape index (κ2) is 5.08. The molecule has 0 aliphatic heterocycles. The lowest BCUT2D eigenvalue weighted by molar-refractivity contribution is 0.428. The summed E-state index contributed by atoms with van der Waals surface area (Å²) in [5, 5.41) is 15.0. The van der Waals surface area contributed by atoms with E-state index in [2.05, 4.69) is 44.9 Å². The predicted molar refractivity (Wildman–Crippen MR) is 78.2 cm³/mol. The van der Waals surface area contributed by atoms with Crippen molar-refractivity contribution in [2.24, 2.45) is 0 Å². The summed E-state index contributed by atoms with van der Waals surface area (Å²) in [4.78, 5) is 0. The first-order valence-electron chi connectivity index (χ1n) is 6.84. The van der Waals surface area contributed by atoms with Gasteiger partial charge in [0.15, 0.2) is 0 Å². The van der Waals surface area contributed by atoms with Crippen LogP contribution in [0.15, 0.2) is 18.2 Å². The van der Waals surface area contributed by atoms with Gasteiger partial charge in [-0.1, -0.05) is 26.8 Å². The SMILES string of the molecule is CCc1c(C(C)C)nn(-c2ccc(C)c(C)c2)c1O. The molecule has 0 fully saturated rings. The van der Waals surface area contributed by atoms with E-state index in [4.69, 9.17) is 0 Å². The molecule has 1 aromatic heterocycles. The first-order chi connectivity index (χ1) is 8.95. The molecule has 0 aliphatic rings. The molecule has 0 saturated carbocycles. The number of aromatic hydroxyl groups is 1. The molecule has 3 nitrogen and oxygen atoms in total. The lowest BCUT2D eigenvalue weighted by Gasteiger charge is -2.06. The minimum absolute atomic E-state index is 0.273. The predicted octanol–water partition coefficient (Wildman–Crippen LogP) is 3.88. The van der Waals surface area contributed by atoms with Gasteiger partial charge in [0.05, 0.1) is 11.4 Å². The summed E-state index contributed by atoms with van der Waals surface area (Å²) in [7, 11) is 0. The maximum Gasteiger partial charge on any atom is 0.217 e. The van der Waals surface area contributed by atoms with Crippen LogP contribution in [-0.4, -0.2) is 14.9 Å². The normalized spacial score (nSPS) is 11.3. The Morgan fingerprint density at radius 1 is 1.21 bits per heavy atom. The van der Waals surface area contributed by atoms with Crippen molar-refractivity contribution >= 4 is 0 Å². The van der Waals surface area contributed by atoms with Gasteiger partial charge in [0, 0.05) is 5.56 Å². The van der Waals surface area contributed by atoms with Gasteiger partial charge in [-0.25, -0.2) is 4.68 Å². The van der Waals surface area contributed by atoms with E-state index >= 15 is 0 Å². The first kappa shape index (κ1) is 13.7. The largest absolute Gasteiger partial charge is 0.493 e. The zero-order valence-electron chi connectivity index (χ0n) is 12.4. The van der Waals surface area contributed by atoms with E-state index in [0.29, 0.717) is 5.92 Å². The minimum Gasteiger partial charge on any atom is -0.493 e. The van der Waals surface area contributed by atoms with Gasteiger partial charge >= 0.3 is 0 Å². The van der Waals surface area contributed by atoms with E-state index in [1.165, 1.54) is 11.1 Å². The van der Waals surface area contributed by atoms with Crippen LogP contribution in [0.4, 0.5) is 0 Å². The van der Waals surface area contributed by atoms with Crippen LogP contribution in [-0.2, 0) is 6.42 Å². The fraction of sp³-hybridized carbons (Fsp3) is 0.438. The molecule has 102 valence electrons. The maximum atomic E-state index is 10.4. The molecule has 19 heavy (non-hydrogen) atoms. The molecule has 0 saturated heterocycles. The molecule has 2 aromatic rings. The molecule has 0 radical (unpaired) electrons. The fourth-order valence-electron chi connectivity index (χ4n) is 2.30.